The molecule has 29 heavy (non-hydrogen) atoms. The zero-order chi connectivity index (χ0) is 21.4. The Labute approximate surface area is 167 Å². The Hall–Kier alpha value is -3.27. The lowest BCUT2D eigenvalue weighted by Crippen LogP contribution is -2.51. The summed E-state index contributed by atoms with van der Waals surface area (Å²) in [4.78, 5) is 35.7. The molecule has 2 atom stereocenters. The summed E-state index contributed by atoms with van der Waals surface area (Å²) in [6.45, 7) is 2.09. The summed E-state index contributed by atoms with van der Waals surface area (Å²) in [6, 6.07) is 12.3. The molecule has 9 heteroatoms. The van der Waals surface area contributed by atoms with E-state index in [9.17, 15) is 19.5 Å². The highest BCUT2D eigenvalue weighted by Crippen LogP contribution is 2.20. The molecule has 0 heterocycles. The van der Waals surface area contributed by atoms with Gasteiger partial charge in [0.25, 0.3) is 17.7 Å². The van der Waals surface area contributed by atoms with E-state index >= 15 is 0 Å². The first-order valence-corrected chi connectivity index (χ1v) is 8.99. The van der Waals surface area contributed by atoms with Crippen molar-refractivity contribution in [3.05, 3.63) is 59.7 Å². The second-order valence-corrected chi connectivity index (χ2v) is 6.37. The van der Waals surface area contributed by atoms with Crippen LogP contribution in [0.4, 0.5) is 0 Å². The van der Waals surface area contributed by atoms with Gasteiger partial charge < -0.3 is 21.5 Å². The van der Waals surface area contributed by atoms with E-state index in [0.29, 0.717) is 18.7 Å². The van der Waals surface area contributed by atoms with Gasteiger partial charge in [-0.15, -0.1) is 0 Å². The van der Waals surface area contributed by atoms with Crippen molar-refractivity contribution in [2.45, 2.75) is 19.1 Å². The topological polar surface area (TPSA) is 154 Å². The Kier molecular flexibility index (Phi) is 7.84. The maximum atomic E-state index is 12.3. The molecule has 2 rings (SSSR count). The highest BCUT2D eigenvalue weighted by molar-refractivity contribution is 5.98. The van der Waals surface area contributed by atoms with Crippen LogP contribution in [0.3, 0.4) is 0 Å². The summed E-state index contributed by atoms with van der Waals surface area (Å²) in [5.41, 5.74) is 9.26. The van der Waals surface area contributed by atoms with Gasteiger partial charge in [0.15, 0.2) is 0 Å². The van der Waals surface area contributed by atoms with E-state index < -0.39 is 24.0 Å². The van der Waals surface area contributed by atoms with Crippen LogP contribution in [0.2, 0.25) is 0 Å². The number of hydrogen-bond donors (Lipinski definition) is 6. The number of amides is 3. The van der Waals surface area contributed by atoms with Crippen LogP contribution in [0, 0.1) is 0 Å². The van der Waals surface area contributed by atoms with Gasteiger partial charge in [-0.3, -0.25) is 19.6 Å². The van der Waals surface area contributed by atoms with E-state index in [-0.39, 0.29) is 11.5 Å². The first-order valence-electron chi connectivity index (χ1n) is 8.99. The number of rotatable bonds is 8. The van der Waals surface area contributed by atoms with Gasteiger partial charge in [-0.05, 0) is 42.3 Å². The molecule has 7 N–H and O–H groups in total. The predicted molar refractivity (Wildman–Crippen MR) is 106 cm³/mol. The van der Waals surface area contributed by atoms with Crippen LogP contribution < -0.4 is 21.8 Å². The van der Waals surface area contributed by atoms with Crippen molar-refractivity contribution in [3.63, 3.8) is 0 Å². The van der Waals surface area contributed by atoms with E-state index in [1.807, 2.05) is 0 Å². The minimum atomic E-state index is -1.29. The van der Waals surface area contributed by atoms with Gasteiger partial charge in [0.1, 0.15) is 6.04 Å². The standard InChI is InChI=1S/C20H24N4O5/c1-12(25)17(20(28)24-29)23-19(27)16-8-4-14(5-9-16)13-2-6-15(7-3-13)18(26)22-11-10-21/h2-9,12,17,25,29H,10-11,21H2,1H3,(H,22,26)(H,23,27)(H,24,28)/t12-,17+/m1/s1. The first-order chi connectivity index (χ1) is 13.9. The maximum Gasteiger partial charge on any atom is 0.268 e. The van der Waals surface area contributed by atoms with E-state index in [2.05, 4.69) is 10.6 Å². The number of nitrogens with two attached hydrogens (primary N) is 1. The molecule has 0 fully saturated rings. The second-order valence-electron chi connectivity index (χ2n) is 6.37. The molecule has 2 aromatic rings. The minimum absolute atomic E-state index is 0.200. The molecule has 0 bridgehead atoms. The van der Waals surface area contributed by atoms with Crippen molar-refractivity contribution in [3.8, 4) is 11.1 Å². The Morgan fingerprint density at radius 2 is 1.41 bits per heavy atom. The van der Waals surface area contributed by atoms with Gasteiger partial charge in [0.2, 0.25) is 0 Å². The van der Waals surface area contributed by atoms with Crippen molar-refractivity contribution in [1.29, 1.82) is 0 Å². The molecule has 0 aromatic heterocycles. The second kappa shape index (κ2) is 10.3. The van der Waals surface area contributed by atoms with Crippen LogP contribution >= 0.6 is 0 Å². The monoisotopic (exact) mass is 400 g/mol. The fourth-order valence-electron chi connectivity index (χ4n) is 2.62. The number of hydrogen-bond acceptors (Lipinski definition) is 6. The average molecular weight is 400 g/mol. The smallest absolute Gasteiger partial charge is 0.268 e. The summed E-state index contributed by atoms with van der Waals surface area (Å²) in [6.07, 6.45) is -1.19. The number of carbonyl (C=O) groups is 3. The molecule has 9 nitrogen and oxygen atoms in total. The van der Waals surface area contributed by atoms with Crippen LogP contribution in [-0.4, -0.2) is 53.3 Å². The number of hydroxylamine groups is 1. The zero-order valence-corrected chi connectivity index (χ0v) is 15.9. The molecule has 2 aromatic carbocycles. The zero-order valence-electron chi connectivity index (χ0n) is 15.9. The van der Waals surface area contributed by atoms with Crippen LogP contribution in [0.25, 0.3) is 11.1 Å². The van der Waals surface area contributed by atoms with E-state index in [1.165, 1.54) is 12.4 Å². The molecule has 3 amide bonds. The number of carbonyl (C=O) groups excluding carboxylic acids is 3. The number of benzene rings is 2. The van der Waals surface area contributed by atoms with Gasteiger partial charge in [-0.1, -0.05) is 24.3 Å². The Balaban J connectivity index is 2.08. The van der Waals surface area contributed by atoms with Gasteiger partial charge in [0.05, 0.1) is 6.10 Å². The third-order valence-electron chi connectivity index (χ3n) is 4.22. The summed E-state index contributed by atoms with van der Waals surface area (Å²) in [5.74, 6) is -1.69. The van der Waals surface area contributed by atoms with Crippen molar-refractivity contribution in [2.24, 2.45) is 5.73 Å². The van der Waals surface area contributed by atoms with Gasteiger partial charge in [-0.25, -0.2) is 5.48 Å². The molecule has 0 saturated carbocycles. The van der Waals surface area contributed by atoms with Crippen LogP contribution in [0.15, 0.2) is 48.5 Å². The molecular weight excluding hydrogens is 376 g/mol. The average Bonchev–Trinajstić information content (AvgIpc) is 2.75. The van der Waals surface area contributed by atoms with E-state index in [1.54, 1.807) is 48.5 Å². The number of aliphatic hydroxyl groups excluding tert-OH is 1. The fraction of sp³-hybridized carbons (Fsp3) is 0.250. The molecule has 0 aliphatic heterocycles. The third kappa shape index (κ3) is 5.85. The largest absolute Gasteiger partial charge is 0.391 e. The number of nitrogens with one attached hydrogen (secondary N) is 3. The molecule has 0 unspecified atom stereocenters. The molecule has 0 saturated heterocycles. The van der Waals surface area contributed by atoms with Crippen molar-refractivity contribution in [2.75, 3.05) is 13.1 Å². The molecule has 0 aliphatic rings. The lowest BCUT2D eigenvalue weighted by molar-refractivity contribution is -0.133. The quantitative estimate of drug-likeness (QED) is 0.271. The molecule has 154 valence electrons. The van der Waals surface area contributed by atoms with E-state index in [0.717, 1.165) is 11.1 Å². The molecule has 0 radical (unpaired) electrons. The Bertz CT molecular complexity index is 850. The van der Waals surface area contributed by atoms with Crippen molar-refractivity contribution < 1.29 is 24.7 Å². The third-order valence-corrected chi connectivity index (χ3v) is 4.22. The highest BCUT2D eigenvalue weighted by atomic mass is 16.5. The van der Waals surface area contributed by atoms with Crippen molar-refractivity contribution >= 4 is 17.7 Å². The summed E-state index contributed by atoms with van der Waals surface area (Å²) >= 11 is 0. The number of aliphatic hydroxyl groups is 1. The Morgan fingerprint density at radius 3 is 1.83 bits per heavy atom. The fourth-order valence-corrected chi connectivity index (χ4v) is 2.62. The highest BCUT2D eigenvalue weighted by Gasteiger charge is 2.25. The summed E-state index contributed by atoms with van der Waals surface area (Å²) < 4.78 is 0. The minimum Gasteiger partial charge on any atom is -0.391 e. The Morgan fingerprint density at radius 1 is 0.931 bits per heavy atom. The normalized spacial score (nSPS) is 12.6. The summed E-state index contributed by atoms with van der Waals surface area (Å²) in [7, 11) is 0. The van der Waals surface area contributed by atoms with Crippen molar-refractivity contribution in [1.82, 2.24) is 16.1 Å². The SMILES string of the molecule is C[C@@H](O)[C@H](NC(=O)c1ccc(-c2ccc(C(=O)NCCN)cc2)cc1)C(=O)NO. The van der Waals surface area contributed by atoms with Crippen LogP contribution in [-0.2, 0) is 4.79 Å². The van der Waals surface area contributed by atoms with E-state index in [4.69, 9.17) is 10.9 Å². The predicted octanol–water partition coefficient (Wildman–Crippen LogP) is 0.0267. The lowest BCUT2D eigenvalue weighted by Gasteiger charge is -2.19. The maximum absolute atomic E-state index is 12.3. The molecule has 0 spiro atoms. The summed E-state index contributed by atoms with van der Waals surface area (Å²) in [5, 5.41) is 23.4. The lowest BCUT2D eigenvalue weighted by atomic mass is 10.0. The first kappa shape index (κ1) is 22.0. The van der Waals surface area contributed by atoms with Crippen LogP contribution in [0.1, 0.15) is 27.6 Å². The molecule has 0 aliphatic carbocycles. The molecular formula is C20H24N4O5. The van der Waals surface area contributed by atoms with Gasteiger partial charge in [0, 0.05) is 24.2 Å². The van der Waals surface area contributed by atoms with Gasteiger partial charge >= 0.3 is 0 Å². The van der Waals surface area contributed by atoms with Gasteiger partial charge in [-0.2, -0.15) is 0 Å². The van der Waals surface area contributed by atoms with Crippen LogP contribution in [0.5, 0.6) is 0 Å².